The summed E-state index contributed by atoms with van der Waals surface area (Å²) in [6.45, 7) is 12.5. The van der Waals surface area contributed by atoms with Gasteiger partial charge in [-0.25, -0.2) is 0 Å². The van der Waals surface area contributed by atoms with Crippen molar-refractivity contribution in [3.63, 3.8) is 0 Å². The van der Waals surface area contributed by atoms with Crippen LogP contribution in [0.5, 0.6) is 0 Å². The van der Waals surface area contributed by atoms with E-state index in [1.807, 2.05) is 0 Å². The molecule has 1 saturated carbocycles. The minimum atomic E-state index is 0.502. The third-order valence-electron chi connectivity index (χ3n) is 4.74. The fourth-order valence-electron chi connectivity index (χ4n) is 3.60. The molecule has 0 radical (unpaired) electrons. The maximum Gasteiger partial charge on any atom is 0.0593 e. The molecule has 0 amide bonds. The molecule has 0 aromatic carbocycles. The minimum Gasteiger partial charge on any atom is -0.380 e. The standard InChI is InChI=1S/C16H32N2O/c1-4-8-17-14-6-7-16(2,3)13-15(14)18-9-5-11-19-12-10-18/h14-15,17H,4-13H2,1-3H3. The largest absolute Gasteiger partial charge is 0.380 e. The zero-order valence-electron chi connectivity index (χ0n) is 13.1. The first-order valence-electron chi connectivity index (χ1n) is 8.17. The van der Waals surface area contributed by atoms with Gasteiger partial charge < -0.3 is 10.1 Å². The molecule has 0 bridgehead atoms. The predicted octanol–water partition coefficient (Wildman–Crippen LogP) is 2.66. The van der Waals surface area contributed by atoms with Crippen molar-refractivity contribution in [2.75, 3.05) is 32.8 Å². The SMILES string of the molecule is CCCNC1CCC(C)(C)CC1N1CCCOCC1. The van der Waals surface area contributed by atoms with E-state index in [1.165, 1.54) is 38.6 Å². The molecule has 2 fully saturated rings. The van der Waals surface area contributed by atoms with Crippen LogP contribution in [0, 0.1) is 5.41 Å². The summed E-state index contributed by atoms with van der Waals surface area (Å²) in [4.78, 5) is 2.70. The maximum atomic E-state index is 5.62. The Balaban J connectivity index is 2.00. The molecule has 2 rings (SSSR count). The molecule has 3 heteroatoms. The molecule has 1 heterocycles. The normalized spacial score (nSPS) is 33.0. The summed E-state index contributed by atoms with van der Waals surface area (Å²) < 4.78 is 5.62. The Kier molecular flexibility index (Phi) is 5.67. The molecule has 112 valence electrons. The average Bonchev–Trinajstić information content (AvgIpc) is 2.65. The van der Waals surface area contributed by atoms with Crippen molar-refractivity contribution in [1.29, 1.82) is 0 Å². The van der Waals surface area contributed by atoms with Crippen molar-refractivity contribution in [2.24, 2.45) is 5.41 Å². The Hall–Kier alpha value is -0.120. The lowest BCUT2D eigenvalue weighted by Crippen LogP contribution is -2.55. The number of hydrogen-bond donors (Lipinski definition) is 1. The smallest absolute Gasteiger partial charge is 0.0593 e. The molecule has 0 aromatic heterocycles. The van der Waals surface area contributed by atoms with Gasteiger partial charge >= 0.3 is 0 Å². The van der Waals surface area contributed by atoms with Crippen LogP contribution < -0.4 is 5.32 Å². The first-order valence-corrected chi connectivity index (χ1v) is 8.17. The van der Waals surface area contributed by atoms with E-state index in [9.17, 15) is 0 Å². The van der Waals surface area contributed by atoms with Crippen LogP contribution in [-0.4, -0.2) is 49.8 Å². The molecule has 0 aromatic rings. The highest BCUT2D eigenvalue weighted by Gasteiger charge is 2.37. The first-order chi connectivity index (χ1) is 9.12. The molecule has 1 N–H and O–H groups in total. The van der Waals surface area contributed by atoms with Crippen LogP contribution in [0.4, 0.5) is 0 Å². The van der Waals surface area contributed by atoms with Crippen LogP contribution in [0.3, 0.4) is 0 Å². The molecule has 19 heavy (non-hydrogen) atoms. The van der Waals surface area contributed by atoms with Gasteiger partial charge in [0, 0.05) is 31.8 Å². The van der Waals surface area contributed by atoms with Gasteiger partial charge in [0.15, 0.2) is 0 Å². The second kappa shape index (κ2) is 7.05. The highest BCUT2D eigenvalue weighted by Crippen LogP contribution is 2.37. The molecule has 1 aliphatic carbocycles. The van der Waals surface area contributed by atoms with E-state index in [-0.39, 0.29) is 0 Å². The second-order valence-electron chi connectivity index (χ2n) is 7.04. The van der Waals surface area contributed by atoms with Crippen molar-refractivity contribution in [1.82, 2.24) is 10.2 Å². The van der Waals surface area contributed by atoms with Gasteiger partial charge in [0.05, 0.1) is 6.61 Å². The first kappa shape index (κ1) is 15.3. The minimum absolute atomic E-state index is 0.502. The van der Waals surface area contributed by atoms with Gasteiger partial charge in [-0.15, -0.1) is 0 Å². The fraction of sp³-hybridized carbons (Fsp3) is 1.00. The molecule has 2 aliphatic rings. The molecule has 2 unspecified atom stereocenters. The summed E-state index contributed by atoms with van der Waals surface area (Å²) in [5.74, 6) is 0. The van der Waals surface area contributed by atoms with Crippen LogP contribution >= 0.6 is 0 Å². The van der Waals surface area contributed by atoms with E-state index >= 15 is 0 Å². The van der Waals surface area contributed by atoms with Gasteiger partial charge in [0.1, 0.15) is 0 Å². The van der Waals surface area contributed by atoms with E-state index in [0.717, 1.165) is 26.3 Å². The quantitative estimate of drug-likeness (QED) is 0.848. The third-order valence-corrected chi connectivity index (χ3v) is 4.74. The van der Waals surface area contributed by atoms with Gasteiger partial charge in [-0.05, 0) is 44.1 Å². The zero-order valence-corrected chi connectivity index (χ0v) is 13.1. The predicted molar refractivity (Wildman–Crippen MR) is 80.5 cm³/mol. The highest BCUT2D eigenvalue weighted by molar-refractivity contribution is 4.94. The summed E-state index contributed by atoms with van der Waals surface area (Å²) in [6.07, 6.45) is 6.44. The molecule has 0 spiro atoms. The summed E-state index contributed by atoms with van der Waals surface area (Å²) in [5.41, 5.74) is 0.502. The number of nitrogens with zero attached hydrogens (tertiary/aromatic N) is 1. The highest BCUT2D eigenvalue weighted by atomic mass is 16.5. The molecule has 3 nitrogen and oxygen atoms in total. The number of nitrogens with one attached hydrogen (secondary N) is 1. The van der Waals surface area contributed by atoms with Crippen LogP contribution in [0.25, 0.3) is 0 Å². The summed E-state index contributed by atoms with van der Waals surface area (Å²) in [6, 6.07) is 1.39. The lowest BCUT2D eigenvalue weighted by molar-refractivity contribution is 0.0604. The maximum absolute atomic E-state index is 5.62. The van der Waals surface area contributed by atoms with Crippen molar-refractivity contribution in [3.8, 4) is 0 Å². The monoisotopic (exact) mass is 268 g/mol. The Bertz CT molecular complexity index is 259. The summed E-state index contributed by atoms with van der Waals surface area (Å²) in [7, 11) is 0. The summed E-state index contributed by atoms with van der Waals surface area (Å²) >= 11 is 0. The van der Waals surface area contributed by atoms with Gasteiger partial charge in [-0.2, -0.15) is 0 Å². The Morgan fingerprint density at radius 1 is 1.26 bits per heavy atom. The van der Waals surface area contributed by atoms with E-state index in [2.05, 4.69) is 31.0 Å². The topological polar surface area (TPSA) is 24.5 Å². The molecule has 2 atom stereocenters. The molecular formula is C16H32N2O. The van der Waals surface area contributed by atoms with Gasteiger partial charge in [0.25, 0.3) is 0 Å². The fourth-order valence-corrected chi connectivity index (χ4v) is 3.60. The van der Waals surface area contributed by atoms with Crippen molar-refractivity contribution >= 4 is 0 Å². The molecule has 1 aliphatic heterocycles. The van der Waals surface area contributed by atoms with E-state index < -0.39 is 0 Å². The molecule has 1 saturated heterocycles. The van der Waals surface area contributed by atoms with Crippen LogP contribution in [0.15, 0.2) is 0 Å². The molecular weight excluding hydrogens is 236 g/mol. The lowest BCUT2D eigenvalue weighted by Gasteiger charge is -2.46. The zero-order chi connectivity index (χ0) is 13.7. The third kappa shape index (κ3) is 4.44. The second-order valence-corrected chi connectivity index (χ2v) is 7.04. The van der Waals surface area contributed by atoms with Crippen molar-refractivity contribution < 1.29 is 4.74 Å². The van der Waals surface area contributed by atoms with Crippen molar-refractivity contribution in [2.45, 2.75) is 65.0 Å². The summed E-state index contributed by atoms with van der Waals surface area (Å²) in [5, 5.41) is 3.79. The lowest BCUT2D eigenvalue weighted by atomic mass is 9.72. The number of ether oxygens (including phenoxy) is 1. The van der Waals surface area contributed by atoms with Crippen molar-refractivity contribution in [3.05, 3.63) is 0 Å². The van der Waals surface area contributed by atoms with Gasteiger partial charge in [-0.3, -0.25) is 4.90 Å². The van der Waals surface area contributed by atoms with Crippen LogP contribution in [0.2, 0.25) is 0 Å². The Labute approximate surface area is 119 Å². The Morgan fingerprint density at radius 2 is 2.11 bits per heavy atom. The van der Waals surface area contributed by atoms with Gasteiger partial charge in [0.2, 0.25) is 0 Å². The van der Waals surface area contributed by atoms with E-state index in [1.54, 1.807) is 0 Å². The number of hydrogen-bond acceptors (Lipinski definition) is 3. The Morgan fingerprint density at radius 3 is 2.89 bits per heavy atom. The van der Waals surface area contributed by atoms with Crippen LogP contribution in [-0.2, 0) is 4.74 Å². The van der Waals surface area contributed by atoms with E-state index in [4.69, 9.17) is 4.74 Å². The average molecular weight is 268 g/mol. The van der Waals surface area contributed by atoms with Gasteiger partial charge in [-0.1, -0.05) is 20.8 Å². The number of rotatable bonds is 4. The van der Waals surface area contributed by atoms with Crippen LogP contribution in [0.1, 0.15) is 52.9 Å². The van der Waals surface area contributed by atoms with E-state index in [0.29, 0.717) is 17.5 Å².